The molecule has 1 rings (SSSR count). The van der Waals surface area contributed by atoms with Gasteiger partial charge in [0.25, 0.3) is 0 Å². The van der Waals surface area contributed by atoms with E-state index in [0.29, 0.717) is 13.0 Å². The molecular formula is C4H6INO2. The number of rotatable bonds is 1. The van der Waals surface area contributed by atoms with Crippen LogP contribution in [0.25, 0.3) is 0 Å². The van der Waals surface area contributed by atoms with Gasteiger partial charge in [0.05, 0.1) is 12.5 Å². The number of cyclic esters (lactones) is 1. The summed E-state index contributed by atoms with van der Waals surface area (Å²) in [5.41, 5.74) is 0. The second-order valence-electron chi connectivity index (χ2n) is 1.69. The largest absolute Gasteiger partial charge is 0.464 e. The number of nitrogens with one attached hydrogen (secondary N) is 1. The van der Waals surface area contributed by atoms with Crippen LogP contribution < -0.4 is 3.53 Å². The fourth-order valence-electron chi connectivity index (χ4n) is 0.583. The van der Waals surface area contributed by atoms with Crippen LogP contribution in [0, 0.1) is 0 Å². The van der Waals surface area contributed by atoms with Crippen LogP contribution >= 0.6 is 22.9 Å². The number of hydrogen-bond donors (Lipinski definition) is 1. The van der Waals surface area contributed by atoms with Crippen LogP contribution in [0.1, 0.15) is 6.42 Å². The van der Waals surface area contributed by atoms with Gasteiger partial charge in [-0.15, -0.1) is 0 Å². The highest BCUT2D eigenvalue weighted by Crippen LogP contribution is 2.05. The first-order chi connectivity index (χ1) is 3.83. The molecular weight excluding hydrogens is 221 g/mol. The summed E-state index contributed by atoms with van der Waals surface area (Å²) < 4.78 is 7.57. The average molecular weight is 227 g/mol. The minimum absolute atomic E-state index is 0.0980. The molecule has 0 aliphatic carbocycles. The monoisotopic (exact) mass is 227 g/mol. The molecule has 8 heavy (non-hydrogen) atoms. The normalized spacial score (nSPS) is 28.1. The lowest BCUT2D eigenvalue weighted by molar-refractivity contribution is -0.137. The number of ether oxygens (including phenoxy) is 1. The van der Waals surface area contributed by atoms with Gasteiger partial charge in [0.2, 0.25) is 0 Å². The van der Waals surface area contributed by atoms with E-state index < -0.39 is 0 Å². The fraction of sp³-hybridized carbons (Fsp3) is 0.750. The quantitative estimate of drug-likeness (QED) is 0.396. The highest BCUT2D eigenvalue weighted by atomic mass is 127. The Kier molecular flexibility index (Phi) is 2.07. The van der Waals surface area contributed by atoms with Crippen LogP contribution in [-0.2, 0) is 9.53 Å². The van der Waals surface area contributed by atoms with E-state index in [0.717, 1.165) is 0 Å². The van der Waals surface area contributed by atoms with Gasteiger partial charge in [-0.05, 0) is 0 Å². The molecule has 0 aromatic heterocycles. The molecule has 1 fully saturated rings. The van der Waals surface area contributed by atoms with Crippen molar-refractivity contribution in [2.45, 2.75) is 12.5 Å². The highest BCUT2D eigenvalue weighted by Gasteiger charge is 2.21. The number of esters is 1. The third-order valence-corrected chi connectivity index (χ3v) is 1.89. The standard InChI is InChI=1S/C4H6INO2/c5-6-3-1-4(7)8-2-3/h3,6H,1-2H2. The van der Waals surface area contributed by atoms with Gasteiger partial charge in [0, 0.05) is 22.9 Å². The molecule has 1 N–H and O–H groups in total. The second-order valence-corrected chi connectivity index (χ2v) is 2.32. The van der Waals surface area contributed by atoms with Crippen LogP contribution in [-0.4, -0.2) is 18.6 Å². The zero-order valence-electron chi connectivity index (χ0n) is 4.19. The average Bonchev–Trinajstić information content (AvgIpc) is 2.14. The molecule has 0 radical (unpaired) electrons. The summed E-state index contributed by atoms with van der Waals surface area (Å²) in [7, 11) is 0. The van der Waals surface area contributed by atoms with E-state index in [2.05, 4.69) is 8.27 Å². The summed E-state index contributed by atoms with van der Waals surface area (Å²) in [5, 5.41) is 0. The second kappa shape index (κ2) is 2.63. The van der Waals surface area contributed by atoms with E-state index in [1.807, 2.05) is 22.9 Å². The van der Waals surface area contributed by atoms with Gasteiger partial charge in [-0.25, -0.2) is 0 Å². The van der Waals surface area contributed by atoms with Crippen molar-refractivity contribution in [3.05, 3.63) is 0 Å². The molecule has 0 aromatic rings. The van der Waals surface area contributed by atoms with Crippen molar-refractivity contribution in [3.63, 3.8) is 0 Å². The molecule has 0 bridgehead atoms. The van der Waals surface area contributed by atoms with E-state index in [1.165, 1.54) is 0 Å². The molecule has 1 aliphatic rings. The van der Waals surface area contributed by atoms with E-state index >= 15 is 0 Å². The maximum atomic E-state index is 10.3. The first-order valence-corrected chi connectivity index (χ1v) is 3.42. The summed E-state index contributed by atoms with van der Waals surface area (Å²) in [6.07, 6.45) is 0.517. The summed E-state index contributed by atoms with van der Waals surface area (Å²) in [5.74, 6) is -0.0980. The lowest BCUT2D eigenvalue weighted by Gasteiger charge is -1.97. The van der Waals surface area contributed by atoms with Gasteiger partial charge in [-0.2, -0.15) is 0 Å². The number of carbonyl (C=O) groups is 1. The molecule has 1 atom stereocenters. The molecule has 4 heteroatoms. The Bertz CT molecular complexity index is 106. The number of carbonyl (C=O) groups excluding carboxylic acids is 1. The first kappa shape index (κ1) is 6.28. The number of hydrogen-bond acceptors (Lipinski definition) is 3. The van der Waals surface area contributed by atoms with Gasteiger partial charge in [-0.3, -0.25) is 8.32 Å². The molecule has 1 saturated heterocycles. The van der Waals surface area contributed by atoms with Crippen LogP contribution in [0.4, 0.5) is 0 Å². The third-order valence-electron chi connectivity index (χ3n) is 1.01. The van der Waals surface area contributed by atoms with Crippen LogP contribution in [0.3, 0.4) is 0 Å². The molecule has 3 nitrogen and oxygen atoms in total. The van der Waals surface area contributed by atoms with Crippen LogP contribution in [0.2, 0.25) is 0 Å². The van der Waals surface area contributed by atoms with Crippen molar-refractivity contribution in [1.29, 1.82) is 0 Å². The lowest BCUT2D eigenvalue weighted by atomic mass is 10.3. The third kappa shape index (κ3) is 1.32. The summed E-state index contributed by atoms with van der Waals surface area (Å²) in [6, 6.07) is 0.239. The van der Waals surface area contributed by atoms with E-state index in [4.69, 9.17) is 0 Å². The van der Waals surface area contributed by atoms with Crippen molar-refractivity contribution < 1.29 is 9.53 Å². The zero-order valence-corrected chi connectivity index (χ0v) is 6.34. The molecule has 1 aliphatic heterocycles. The maximum absolute atomic E-state index is 10.3. The van der Waals surface area contributed by atoms with E-state index in [-0.39, 0.29) is 12.0 Å². The zero-order chi connectivity index (χ0) is 5.98. The Balaban J connectivity index is 2.32. The number of halogens is 1. The van der Waals surface area contributed by atoms with Crippen molar-refractivity contribution in [3.8, 4) is 0 Å². The Hall–Kier alpha value is 0.160. The van der Waals surface area contributed by atoms with Gasteiger partial charge in [-0.1, -0.05) is 0 Å². The molecule has 0 spiro atoms. The minimum Gasteiger partial charge on any atom is -0.464 e. The molecule has 1 heterocycles. The van der Waals surface area contributed by atoms with Crippen molar-refractivity contribution in [1.82, 2.24) is 3.53 Å². The molecule has 0 saturated carbocycles. The fourth-order valence-corrected chi connectivity index (χ4v) is 0.983. The van der Waals surface area contributed by atoms with Crippen LogP contribution in [0.15, 0.2) is 0 Å². The summed E-state index contributed by atoms with van der Waals surface area (Å²) >= 11 is 2.02. The van der Waals surface area contributed by atoms with Gasteiger partial charge < -0.3 is 4.74 Å². The van der Waals surface area contributed by atoms with E-state index in [1.54, 1.807) is 0 Å². The topological polar surface area (TPSA) is 38.3 Å². The smallest absolute Gasteiger partial charge is 0.307 e. The van der Waals surface area contributed by atoms with Gasteiger partial charge in [0.15, 0.2) is 0 Å². The summed E-state index contributed by atoms with van der Waals surface area (Å²) in [4.78, 5) is 10.3. The van der Waals surface area contributed by atoms with Crippen molar-refractivity contribution in [2.24, 2.45) is 0 Å². The Morgan fingerprint density at radius 1 is 1.88 bits per heavy atom. The van der Waals surface area contributed by atoms with Gasteiger partial charge in [0.1, 0.15) is 6.61 Å². The Morgan fingerprint density at radius 2 is 2.62 bits per heavy atom. The SMILES string of the molecule is O=C1CC(NI)CO1. The predicted molar refractivity (Wildman–Crippen MR) is 36.5 cm³/mol. The lowest BCUT2D eigenvalue weighted by Crippen LogP contribution is -2.19. The minimum atomic E-state index is -0.0980. The van der Waals surface area contributed by atoms with Crippen LogP contribution in [0.5, 0.6) is 0 Å². The first-order valence-electron chi connectivity index (χ1n) is 2.34. The molecule has 1 unspecified atom stereocenters. The summed E-state index contributed by atoms with van der Waals surface area (Å²) in [6.45, 7) is 0.530. The Morgan fingerprint density at radius 3 is 2.88 bits per heavy atom. The predicted octanol–water partition coefficient (Wildman–Crippen LogP) is 0.241. The highest BCUT2D eigenvalue weighted by molar-refractivity contribution is 14.1. The maximum Gasteiger partial charge on any atom is 0.307 e. The van der Waals surface area contributed by atoms with E-state index in [9.17, 15) is 4.79 Å². The molecule has 0 amide bonds. The van der Waals surface area contributed by atoms with Crippen molar-refractivity contribution >= 4 is 28.8 Å². The molecule has 46 valence electrons. The van der Waals surface area contributed by atoms with Crippen molar-refractivity contribution in [2.75, 3.05) is 6.61 Å². The molecule has 0 aromatic carbocycles. The van der Waals surface area contributed by atoms with Gasteiger partial charge >= 0.3 is 5.97 Å². The Labute approximate surface area is 61.3 Å².